The molecule has 180 valence electrons. The number of halogens is 1. The first-order valence-corrected chi connectivity index (χ1v) is 12.2. The van der Waals surface area contributed by atoms with Gasteiger partial charge in [-0.05, 0) is 62.5 Å². The van der Waals surface area contributed by atoms with Gasteiger partial charge in [-0.25, -0.2) is 0 Å². The fourth-order valence-corrected chi connectivity index (χ4v) is 5.07. The molecule has 2 atom stereocenters. The Kier molecular flexibility index (Phi) is 7.58. The van der Waals surface area contributed by atoms with Crippen LogP contribution in [0.25, 0.3) is 0 Å². The van der Waals surface area contributed by atoms with Crippen LogP contribution < -0.4 is 21.6 Å². The summed E-state index contributed by atoms with van der Waals surface area (Å²) in [7, 11) is 4.05. The number of carbonyl (C=O) groups excluding carboxylic acids is 1. The van der Waals surface area contributed by atoms with Crippen LogP contribution in [0.1, 0.15) is 47.2 Å². The molecule has 2 saturated heterocycles. The molecule has 0 saturated carbocycles. The highest BCUT2D eigenvalue weighted by Gasteiger charge is 2.28. The molecule has 2 aromatic rings. The van der Waals surface area contributed by atoms with E-state index in [1.54, 1.807) is 4.57 Å². The first kappa shape index (κ1) is 24.0. The normalized spacial score (nSPS) is 26.3. The summed E-state index contributed by atoms with van der Waals surface area (Å²) >= 11 is 6.12. The van der Waals surface area contributed by atoms with Crippen molar-refractivity contribution >= 4 is 17.5 Å². The number of nitrogens with one attached hydrogen (secondary N) is 4. The Balaban J connectivity index is 1.57. The molecule has 4 rings (SSSR count). The number of imidazole rings is 1. The van der Waals surface area contributed by atoms with E-state index in [2.05, 4.69) is 47.0 Å². The Morgan fingerprint density at radius 2 is 1.97 bits per heavy atom. The molecule has 9 heteroatoms. The van der Waals surface area contributed by atoms with Crippen molar-refractivity contribution in [3.63, 3.8) is 0 Å². The van der Waals surface area contributed by atoms with Gasteiger partial charge in [0.1, 0.15) is 0 Å². The summed E-state index contributed by atoms with van der Waals surface area (Å²) < 4.78 is 3.68. The summed E-state index contributed by atoms with van der Waals surface area (Å²) in [5, 5.41) is 18.1. The van der Waals surface area contributed by atoms with E-state index < -0.39 is 0 Å². The zero-order chi connectivity index (χ0) is 23.5. The lowest BCUT2D eigenvalue weighted by Crippen LogP contribution is -2.57. The number of aryl methyl sites for hydroxylation is 1. The van der Waals surface area contributed by atoms with Gasteiger partial charge in [-0.3, -0.25) is 20.8 Å². The lowest BCUT2D eigenvalue weighted by molar-refractivity contribution is 0.0945. The molecule has 0 spiro atoms. The molecule has 0 aliphatic carbocycles. The number of hydrogen-bond donors (Lipinski definition) is 4. The molecule has 1 aromatic heterocycles. The molecule has 0 bridgehead atoms. The van der Waals surface area contributed by atoms with Crippen LogP contribution in [0.3, 0.4) is 0 Å². The molecule has 2 aliphatic rings. The van der Waals surface area contributed by atoms with Crippen LogP contribution >= 0.6 is 11.6 Å². The van der Waals surface area contributed by atoms with E-state index in [0.29, 0.717) is 36.2 Å². The largest absolute Gasteiger partial charge is 0.349 e. The van der Waals surface area contributed by atoms with Gasteiger partial charge in [0.2, 0.25) is 5.62 Å². The average Bonchev–Trinajstić information content (AvgIpc) is 3.12. The Hall–Kier alpha value is -2.13. The van der Waals surface area contributed by atoms with Crippen molar-refractivity contribution in [3.8, 4) is 0 Å². The summed E-state index contributed by atoms with van der Waals surface area (Å²) in [6.07, 6.45) is 6.09. The van der Waals surface area contributed by atoms with Crippen molar-refractivity contribution in [1.29, 1.82) is 5.41 Å². The van der Waals surface area contributed by atoms with Crippen molar-refractivity contribution in [3.05, 3.63) is 52.9 Å². The zero-order valence-electron chi connectivity index (χ0n) is 19.8. The van der Waals surface area contributed by atoms with Gasteiger partial charge in [0, 0.05) is 50.7 Å². The molecule has 0 radical (unpaired) electrons. The molecule has 8 nitrogen and oxygen atoms in total. The number of hydrogen-bond acceptors (Lipinski definition) is 5. The van der Waals surface area contributed by atoms with Crippen molar-refractivity contribution in [2.75, 3.05) is 33.2 Å². The van der Waals surface area contributed by atoms with E-state index >= 15 is 0 Å². The van der Waals surface area contributed by atoms with E-state index in [-0.39, 0.29) is 17.5 Å². The second kappa shape index (κ2) is 10.4. The number of rotatable bonds is 6. The van der Waals surface area contributed by atoms with Gasteiger partial charge in [0.05, 0.1) is 18.1 Å². The summed E-state index contributed by atoms with van der Waals surface area (Å²) in [5.74, 6) is 0.310. The Morgan fingerprint density at radius 3 is 2.67 bits per heavy atom. The van der Waals surface area contributed by atoms with Crippen LogP contribution in [0.4, 0.5) is 0 Å². The van der Waals surface area contributed by atoms with E-state index in [9.17, 15) is 4.79 Å². The number of carbonyl (C=O) groups is 1. The number of nitrogens with zero attached hydrogens (tertiary/aromatic N) is 3. The Morgan fingerprint density at radius 1 is 1.21 bits per heavy atom. The minimum Gasteiger partial charge on any atom is -0.349 e. The lowest BCUT2D eigenvalue weighted by Gasteiger charge is -2.37. The monoisotopic (exact) mass is 473 g/mol. The highest BCUT2D eigenvalue weighted by Crippen LogP contribution is 2.33. The predicted octanol–water partition coefficient (Wildman–Crippen LogP) is 1.41. The van der Waals surface area contributed by atoms with Crippen molar-refractivity contribution in [2.45, 2.75) is 49.8 Å². The first-order chi connectivity index (χ1) is 15.8. The lowest BCUT2D eigenvalue weighted by atomic mass is 9.83. The third kappa shape index (κ3) is 5.69. The van der Waals surface area contributed by atoms with Gasteiger partial charge in [0.15, 0.2) is 0 Å². The summed E-state index contributed by atoms with van der Waals surface area (Å²) in [6, 6.07) is 6.67. The highest BCUT2D eigenvalue weighted by molar-refractivity contribution is 6.21. The molecule has 2 aliphatic heterocycles. The van der Waals surface area contributed by atoms with E-state index in [4.69, 9.17) is 17.0 Å². The highest BCUT2D eigenvalue weighted by atomic mass is 35.5. The van der Waals surface area contributed by atoms with Crippen molar-refractivity contribution in [1.82, 2.24) is 30.0 Å². The molecule has 3 heterocycles. The second-order valence-corrected chi connectivity index (χ2v) is 10.1. The molecule has 2 unspecified atom stereocenters. The van der Waals surface area contributed by atoms with Gasteiger partial charge in [-0.2, -0.15) is 0 Å². The molecular formula is C24H36ClN7O. The molecule has 1 aromatic carbocycles. The maximum absolute atomic E-state index is 13.2. The number of piperidine rings is 1. The van der Waals surface area contributed by atoms with Crippen molar-refractivity contribution in [2.24, 2.45) is 7.05 Å². The third-order valence-corrected chi connectivity index (χ3v) is 7.39. The predicted molar refractivity (Wildman–Crippen MR) is 131 cm³/mol. The van der Waals surface area contributed by atoms with Gasteiger partial charge >= 0.3 is 0 Å². The van der Waals surface area contributed by atoms with E-state index in [1.807, 2.05) is 30.1 Å². The summed E-state index contributed by atoms with van der Waals surface area (Å²) in [4.78, 5) is 15.6. The smallest absolute Gasteiger partial charge is 0.251 e. The number of likely N-dealkylation sites (tertiary alicyclic amines) is 1. The minimum atomic E-state index is -0.0735. The van der Waals surface area contributed by atoms with Crippen molar-refractivity contribution < 1.29 is 4.79 Å². The maximum Gasteiger partial charge on any atom is 0.251 e. The van der Waals surface area contributed by atoms with Crippen LogP contribution in [0.15, 0.2) is 30.6 Å². The minimum absolute atomic E-state index is 0.0179. The molecule has 2 fully saturated rings. The van der Waals surface area contributed by atoms with Gasteiger partial charge < -0.3 is 19.4 Å². The molecule has 1 amide bonds. The molecule has 33 heavy (non-hydrogen) atoms. The Labute approximate surface area is 200 Å². The van der Waals surface area contributed by atoms with Crippen LogP contribution in [-0.4, -0.2) is 70.8 Å². The Bertz CT molecular complexity index is 1020. The number of alkyl halides is 1. The SMILES string of the molecule is CC1C(c2cc(Cn3ccn(C)c3=N)cc(C(=O)NCC3NCC(Cl)CN3)c2)CCCN1C. The number of benzene rings is 1. The van der Waals surface area contributed by atoms with E-state index in [0.717, 1.165) is 38.0 Å². The quantitative estimate of drug-likeness (QED) is 0.477. The van der Waals surface area contributed by atoms with E-state index in [1.165, 1.54) is 5.56 Å². The second-order valence-electron chi connectivity index (χ2n) is 9.47. The topological polar surface area (TPSA) is 90.1 Å². The number of aromatic nitrogens is 2. The standard InChI is InChI=1S/C24H36ClN7O/c1-16-21(5-4-6-30(16)2)18-9-17(15-32-8-7-31(3)24(32)26)10-19(11-18)23(33)29-14-22-27-12-20(25)13-28-22/h7-11,16,20-22,26-28H,4-6,12-15H2,1-3H3,(H,29,33). The third-order valence-electron chi connectivity index (χ3n) is 7.08. The number of likely N-dealkylation sites (N-methyl/N-ethyl adjacent to an activating group) is 1. The first-order valence-electron chi connectivity index (χ1n) is 11.8. The van der Waals surface area contributed by atoms with Crippen LogP contribution in [0, 0.1) is 5.41 Å². The van der Waals surface area contributed by atoms with Crippen LogP contribution in [0.5, 0.6) is 0 Å². The van der Waals surface area contributed by atoms with Crippen LogP contribution in [-0.2, 0) is 13.6 Å². The molecular weight excluding hydrogens is 438 g/mol. The fourth-order valence-electron chi connectivity index (χ4n) is 4.89. The summed E-state index contributed by atoms with van der Waals surface area (Å²) in [5.41, 5.74) is 3.36. The van der Waals surface area contributed by atoms with Gasteiger partial charge in [-0.1, -0.05) is 6.07 Å². The fraction of sp³-hybridized carbons (Fsp3) is 0.583. The van der Waals surface area contributed by atoms with Gasteiger partial charge in [-0.15, -0.1) is 11.6 Å². The maximum atomic E-state index is 13.2. The summed E-state index contributed by atoms with van der Waals surface area (Å²) in [6.45, 7) is 5.89. The zero-order valence-corrected chi connectivity index (χ0v) is 20.5. The average molecular weight is 474 g/mol. The molecule has 4 N–H and O–H groups in total. The number of amides is 1. The van der Waals surface area contributed by atoms with Crippen LogP contribution in [0.2, 0.25) is 0 Å². The van der Waals surface area contributed by atoms with Gasteiger partial charge in [0.25, 0.3) is 5.91 Å².